The van der Waals surface area contributed by atoms with Crippen LogP contribution in [0.3, 0.4) is 0 Å². The summed E-state index contributed by atoms with van der Waals surface area (Å²) < 4.78 is 31.3. The Labute approximate surface area is 143 Å². The Bertz CT molecular complexity index is 549. The zero-order chi connectivity index (χ0) is 17.0. The van der Waals surface area contributed by atoms with Crippen molar-refractivity contribution in [1.82, 2.24) is 9.80 Å². The molecule has 0 aliphatic carbocycles. The molecule has 1 saturated heterocycles. The van der Waals surface area contributed by atoms with Gasteiger partial charge in [0.05, 0.1) is 11.0 Å². The summed E-state index contributed by atoms with van der Waals surface area (Å²) in [5.41, 5.74) is 1.10. The van der Waals surface area contributed by atoms with E-state index in [2.05, 4.69) is 15.9 Å². The summed E-state index contributed by atoms with van der Waals surface area (Å²) in [6.45, 7) is 5.29. The Hall–Kier alpha value is -1.21. The topological polar surface area (TPSA) is 32.8 Å². The lowest BCUT2D eigenvalue weighted by Crippen LogP contribution is -2.52. The first kappa shape index (κ1) is 18.1. The van der Waals surface area contributed by atoms with E-state index in [1.54, 1.807) is 16.7 Å². The molecule has 0 N–H and O–H groups in total. The second-order valence-corrected chi connectivity index (χ2v) is 6.57. The lowest BCUT2D eigenvalue weighted by Gasteiger charge is -2.35. The van der Waals surface area contributed by atoms with Crippen LogP contribution in [0, 0.1) is 6.92 Å². The SMILES string of the molecule is Cc1ccc(OC(C)C(=O)N2CCN(CC(F)F)CC2)c(Br)c1. The van der Waals surface area contributed by atoms with Gasteiger partial charge in [0, 0.05) is 26.2 Å². The van der Waals surface area contributed by atoms with Crippen molar-refractivity contribution in [2.75, 3.05) is 32.7 Å². The van der Waals surface area contributed by atoms with E-state index in [0.29, 0.717) is 31.9 Å². The Balaban J connectivity index is 1.88. The third-order valence-electron chi connectivity index (χ3n) is 3.82. The molecule has 1 unspecified atom stereocenters. The predicted molar refractivity (Wildman–Crippen MR) is 88.0 cm³/mol. The van der Waals surface area contributed by atoms with Crippen molar-refractivity contribution in [3.63, 3.8) is 0 Å². The van der Waals surface area contributed by atoms with Crippen molar-refractivity contribution in [2.24, 2.45) is 0 Å². The minimum atomic E-state index is -2.33. The van der Waals surface area contributed by atoms with Crippen LogP contribution in [0.1, 0.15) is 12.5 Å². The van der Waals surface area contributed by atoms with Crippen LogP contribution in [0.15, 0.2) is 22.7 Å². The predicted octanol–water partition coefficient (Wildman–Crippen LogP) is 2.93. The minimum Gasteiger partial charge on any atom is -0.480 e. The summed E-state index contributed by atoms with van der Waals surface area (Å²) in [5, 5.41) is 0. The number of nitrogens with zero attached hydrogens (tertiary/aromatic N) is 2. The fraction of sp³-hybridized carbons (Fsp3) is 0.562. The zero-order valence-corrected chi connectivity index (χ0v) is 14.9. The molecule has 128 valence electrons. The number of aryl methyl sites for hydroxylation is 1. The third kappa shape index (κ3) is 5.14. The molecule has 4 nitrogen and oxygen atoms in total. The highest BCUT2D eigenvalue weighted by Crippen LogP contribution is 2.27. The van der Waals surface area contributed by atoms with Crippen molar-refractivity contribution >= 4 is 21.8 Å². The highest BCUT2D eigenvalue weighted by Gasteiger charge is 2.27. The summed E-state index contributed by atoms with van der Waals surface area (Å²) in [6.07, 6.45) is -2.95. The van der Waals surface area contributed by atoms with Crippen LogP contribution in [0.4, 0.5) is 8.78 Å². The molecule has 0 aromatic heterocycles. The zero-order valence-electron chi connectivity index (χ0n) is 13.3. The lowest BCUT2D eigenvalue weighted by atomic mass is 10.2. The van der Waals surface area contributed by atoms with Crippen LogP contribution in [-0.2, 0) is 4.79 Å². The van der Waals surface area contributed by atoms with E-state index in [9.17, 15) is 13.6 Å². The molecule has 1 fully saturated rings. The maximum Gasteiger partial charge on any atom is 0.263 e. The maximum atomic E-state index is 12.4. The van der Waals surface area contributed by atoms with Gasteiger partial charge in [-0.1, -0.05) is 6.07 Å². The van der Waals surface area contributed by atoms with Gasteiger partial charge in [-0.15, -0.1) is 0 Å². The molecule has 1 amide bonds. The number of benzene rings is 1. The number of hydrogen-bond donors (Lipinski definition) is 0. The molecule has 23 heavy (non-hydrogen) atoms. The molecular weight excluding hydrogens is 370 g/mol. The van der Waals surface area contributed by atoms with Crippen molar-refractivity contribution in [3.05, 3.63) is 28.2 Å². The summed E-state index contributed by atoms with van der Waals surface area (Å²) >= 11 is 3.42. The second-order valence-electron chi connectivity index (χ2n) is 5.71. The average molecular weight is 391 g/mol. The average Bonchev–Trinajstić information content (AvgIpc) is 2.49. The van der Waals surface area contributed by atoms with Crippen LogP contribution >= 0.6 is 15.9 Å². The summed E-state index contributed by atoms with van der Waals surface area (Å²) in [4.78, 5) is 15.8. The molecule has 1 atom stereocenters. The van der Waals surface area contributed by atoms with Gasteiger partial charge in [0.15, 0.2) is 6.10 Å². The van der Waals surface area contributed by atoms with Crippen LogP contribution in [0.2, 0.25) is 0 Å². The quantitative estimate of drug-likeness (QED) is 0.774. The number of carbonyl (C=O) groups is 1. The van der Waals surface area contributed by atoms with E-state index in [0.717, 1.165) is 10.0 Å². The fourth-order valence-corrected chi connectivity index (χ4v) is 3.13. The van der Waals surface area contributed by atoms with Crippen LogP contribution in [0.25, 0.3) is 0 Å². The molecule has 2 rings (SSSR count). The van der Waals surface area contributed by atoms with Gasteiger partial charge in [-0.05, 0) is 47.5 Å². The number of carbonyl (C=O) groups excluding carboxylic acids is 1. The van der Waals surface area contributed by atoms with Gasteiger partial charge in [-0.3, -0.25) is 9.69 Å². The molecule has 0 spiro atoms. The Morgan fingerprint density at radius 3 is 2.52 bits per heavy atom. The van der Waals surface area contributed by atoms with Gasteiger partial charge in [-0.25, -0.2) is 8.78 Å². The fourth-order valence-electron chi connectivity index (χ4n) is 2.55. The number of hydrogen-bond acceptors (Lipinski definition) is 3. The normalized spacial score (nSPS) is 17.4. The van der Waals surface area contributed by atoms with E-state index < -0.39 is 12.5 Å². The monoisotopic (exact) mass is 390 g/mol. The molecule has 0 saturated carbocycles. The van der Waals surface area contributed by atoms with Crippen LogP contribution in [-0.4, -0.2) is 61.0 Å². The number of halogens is 3. The van der Waals surface area contributed by atoms with Crippen molar-refractivity contribution in [3.8, 4) is 5.75 Å². The molecule has 0 radical (unpaired) electrons. The molecule has 1 aliphatic rings. The largest absolute Gasteiger partial charge is 0.480 e. The Kier molecular flexibility index (Phi) is 6.35. The first-order valence-electron chi connectivity index (χ1n) is 7.59. The summed E-state index contributed by atoms with van der Waals surface area (Å²) in [6, 6.07) is 5.67. The maximum absolute atomic E-state index is 12.4. The van der Waals surface area contributed by atoms with Crippen molar-refractivity contribution in [2.45, 2.75) is 26.4 Å². The van der Waals surface area contributed by atoms with Gasteiger partial charge in [0.2, 0.25) is 0 Å². The van der Waals surface area contributed by atoms with Gasteiger partial charge < -0.3 is 9.64 Å². The van der Waals surface area contributed by atoms with E-state index in [-0.39, 0.29) is 12.5 Å². The van der Waals surface area contributed by atoms with Gasteiger partial charge in [0.25, 0.3) is 12.3 Å². The van der Waals surface area contributed by atoms with Crippen molar-refractivity contribution in [1.29, 1.82) is 0 Å². The number of rotatable bonds is 5. The molecule has 0 bridgehead atoms. The van der Waals surface area contributed by atoms with Gasteiger partial charge in [0.1, 0.15) is 5.75 Å². The smallest absolute Gasteiger partial charge is 0.263 e. The van der Waals surface area contributed by atoms with Crippen LogP contribution in [0.5, 0.6) is 5.75 Å². The Morgan fingerprint density at radius 1 is 1.30 bits per heavy atom. The van der Waals surface area contributed by atoms with E-state index >= 15 is 0 Å². The second kappa shape index (κ2) is 8.06. The van der Waals surface area contributed by atoms with Gasteiger partial charge in [-0.2, -0.15) is 0 Å². The summed E-state index contributed by atoms with van der Waals surface area (Å²) in [7, 11) is 0. The van der Waals surface area contributed by atoms with Gasteiger partial charge >= 0.3 is 0 Å². The van der Waals surface area contributed by atoms with Crippen LogP contribution < -0.4 is 4.74 Å². The number of ether oxygens (including phenoxy) is 1. The highest BCUT2D eigenvalue weighted by atomic mass is 79.9. The summed E-state index contributed by atoms with van der Waals surface area (Å²) in [5.74, 6) is 0.502. The molecular formula is C16H21BrF2N2O2. The molecule has 1 aliphatic heterocycles. The first-order valence-corrected chi connectivity index (χ1v) is 8.38. The molecule has 1 heterocycles. The molecule has 7 heteroatoms. The molecule has 1 aromatic carbocycles. The lowest BCUT2D eigenvalue weighted by molar-refractivity contribution is -0.139. The number of piperazine rings is 1. The first-order chi connectivity index (χ1) is 10.9. The van der Waals surface area contributed by atoms with E-state index in [1.165, 1.54) is 0 Å². The number of alkyl halides is 2. The van der Waals surface area contributed by atoms with E-state index in [4.69, 9.17) is 4.74 Å². The minimum absolute atomic E-state index is 0.117. The standard InChI is InChI=1S/C16H21BrF2N2O2/c1-11-3-4-14(13(17)9-11)23-12(2)16(22)21-7-5-20(6-8-21)10-15(18)19/h3-4,9,12,15H,5-8,10H2,1-2H3. The van der Waals surface area contributed by atoms with Crippen molar-refractivity contribution < 1.29 is 18.3 Å². The third-order valence-corrected chi connectivity index (χ3v) is 4.44. The van der Waals surface area contributed by atoms with E-state index in [1.807, 2.05) is 25.1 Å². The Morgan fingerprint density at radius 2 is 1.96 bits per heavy atom. The molecule has 1 aromatic rings. The highest BCUT2D eigenvalue weighted by molar-refractivity contribution is 9.10. The number of amides is 1.